The van der Waals surface area contributed by atoms with Gasteiger partial charge < -0.3 is 9.47 Å². The minimum Gasteiger partial charge on any atom is -0.460 e. The average molecular weight is 242 g/mol. The van der Waals surface area contributed by atoms with E-state index in [1.54, 1.807) is 0 Å². The van der Waals surface area contributed by atoms with E-state index in [1.165, 1.54) is 19.3 Å². The molecular weight excluding hydrogens is 216 g/mol. The van der Waals surface area contributed by atoms with Crippen LogP contribution in [0.5, 0.6) is 0 Å². The van der Waals surface area contributed by atoms with Gasteiger partial charge in [-0.1, -0.05) is 39.5 Å². The first-order chi connectivity index (χ1) is 8.09. The smallest absolute Gasteiger partial charge is 0.306 e. The number of esters is 1. The molecule has 1 heterocycles. The molecule has 3 nitrogen and oxygen atoms in total. The second kappa shape index (κ2) is 7.70. The highest BCUT2D eigenvalue weighted by atomic mass is 16.6. The number of carbonyl (C=O) groups excluding carboxylic acids is 1. The van der Waals surface area contributed by atoms with Gasteiger partial charge in [0.05, 0.1) is 6.61 Å². The summed E-state index contributed by atoms with van der Waals surface area (Å²) in [6, 6.07) is 0. The quantitative estimate of drug-likeness (QED) is 0.354. The summed E-state index contributed by atoms with van der Waals surface area (Å²) >= 11 is 0. The number of unbranched alkanes of at least 4 members (excludes halogenated alkanes) is 3. The van der Waals surface area contributed by atoms with Crippen LogP contribution in [-0.4, -0.2) is 24.8 Å². The van der Waals surface area contributed by atoms with Crippen LogP contribution in [-0.2, 0) is 14.3 Å². The third kappa shape index (κ3) is 7.37. The first-order valence-corrected chi connectivity index (χ1v) is 6.90. The van der Waals surface area contributed by atoms with Crippen LogP contribution in [0, 0.1) is 5.92 Å². The average Bonchev–Trinajstić information content (AvgIpc) is 3.06. The molecule has 0 aromatic heterocycles. The van der Waals surface area contributed by atoms with Crippen LogP contribution in [0.3, 0.4) is 0 Å². The molecule has 3 heteroatoms. The fourth-order valence-corrected chi connectivity index (χ4v) is 1.84. The molecule has 2 unspecified atom stereocenters. The van der Waals surface area contributed by atoms with E-state index in [1.807, 2.05) is 6.92 Å². The van der Waals surface area contributed by atoms with Crippen molar-refractivity contribution < 1.29 is 14.3 Å². The number of hydrogen-bond donors (Lipinski definition) is 0. The number of hydrogen-bond acceptors (Lipinski definition) is 3. The fraction of sp³-hybridized carbons (Fsp3) is 0.929. The fourth-order valence-electron chi connectivity index (χ4n) is 1.84. The molecular formula is C14H26O3. The molecule has 17 heavy (non-hydrogen) atoms. The van der Waals surface area contributed by atoms with Crippen LogP contribution in [0.25, 0.3) is 0 Å². The molecule has 0 amide bonds. The lowest BCUT2D eigenvalue weighted by atomic mass is 10.0. The number of ether oxygens (including phenoxy) is 2. The van der Waals surface area contributed by atoms with Crippen molar-refractivity contribution in [2.45, 2.75) is 71.5 Å². The maximum absolute atomic E-state index is 11.4. The predicted molar refractivity (Wildman–Crippen MR) is 67.8 cm³/mol. The highest BCUT2D eigenvalue weighted by molar-refractivity contribution is 5.69. The monoisotopic (exact) mass is 242 g/mol. The number of carbonyl (C=O) groups is 1. The first kappa shape index (κ1) is 14.5. The van der Waals surface area contributed by atoms with Gasteiger partial charge in [0, 0.05) is 6.42 Å². The van der Waals surface area contributed by atoms with E-state index in [0.717, 1.165) is 25.4 Å². The van der Waals surface area contributed by atoms with Crippen LogP contribution < -0.4 is 0 Å². The summed E-state index contributed by atoms with van der Waals surface area (Å²) in [7, 11) is 0. The van der Waals surface area contributed by atoms with Gasteiger partial charge >= 0.3 is 5.97 Å². The van der Waals surface area contributed by atoms with Crippen molar-refractivity contribution in [1.29, 1.82) is 0 Å². The second-order valence-corrected chi connectivity index (χ2v) is 5.41. The summed E-state index contributed by atoms with van der Waals surface area (Å²) in [5, 5.41) is 0. The third-order valence-corrected chi connectivity index (χ3v) is 3.11. The zero-order valence-electron chi connectivity index (χ0n) is 11.4. The van der Waals surface area contributed by atoms with Crippen LogP contribution in [0.2, 0.25) is 0 Å². The molecule has 2 atom stereocenters. The minimum atomic E-state index is -0.0724. The van der Waals surface area contributed by atoms with Gasteiger partial charge in [0.1, 0.15) is 12.2 Å². The topological polar surface area (TPSA) is 38.8 Å². The zero-order valence-corrected chi connectivity index (χ0v) is 11.4. The van der Waals surface area contributed by atoms with E-state index in [-0.39, 0.29) is 18.2 Å². The van der Waals surface area contributed by atoms with Gasteiger partial charge in [0.15, 0.2) is 0 Å². The van der Waals surface area contributed by atoms with Crippen molar-refractivity contribution in [3.8, 4) is 0 Å². The van der Waals surface area contributed by atoms with E-state index >= 15 is 0 Å². The lowest BCUT2D eigenvalue weighted by molar-refractivity contribution is -0.149. The van der Waals surface area contributed by atoms with Gasteiger partial charge in [-0.25, -0.2) is 0 Å². The maximum atomic E-state index is 11.4. The molecule has 1 aliphatic rings. The summed E-state index contributed by atoms with van der Waals surface area (Å²) in [6.07, 6.45) is 6.53. The van der Waals surface area contributed by atoms with Gasteiger partial charge in [-0.3, -0.25) is 4.79 Å². The van der Waals surface area contributed by atoms with E-state index in [4.69, 9.17) is 9.47 Å². The van der Waals surface area contributed by atoms with Crippen molar-refractivity contribution in [3.63, 3.8) is 0 Å². The summed E-state index contributed by atoms with van der Waals surface area (Å²) in [4.78, 5) is 11.4. The Labute approximate surface area is 105 Å². The standard InChI is InChI=1S/C14H26O3/c1-11(2)8-6-4-5-7-9-14(15)17-12(3)13-10-16-13/h11-13H,4-10H2,1-3H3. The Morgan fingerprint density at radius 3 is 2.47 bits per heavy atom. The lowest BCUT2D eigenvalue weighted by Crippen LogP contribution is -2.19. The summed E-state index contributed by atoms with van der Waals surface area (Å²) in [5.74, 6) is 0.719. The van der Waals surface area contributed by atoms with Crippen LogP contribution >= 0.6 is 0 Å². The molecule has 1 saturated heterocycles. The molecule has 0 aromatic carbocycles. The van der Waals surface area contributed by atoms with Crippen molar-refractivity contribution in [1.82, 2.24) is 0 Å². The number of epoxide rings is 1. The van der Waals surface area contributed by atoms with Gasteiger partial charge in [0.25, 0.3) is 0 Å². The Kier molecular flexibility index (Phi) is 6.56. The third-order valence-electron chi connectivity index (χ3n) is 3.11. The molecule has 0 aliphatic carbocycles. The lowest BCUT2D eigenvalue weighted by Gasteiger charge is -2.10. The Hall–Kier alpha value is -0.570. The SMILES string of the molecule is CC(C)CCCCCCC(=O)OC(C)C1CO1. The summed E-state index contributed by atoms with van der Waals surface area (Å²) < 4.78 is 10.3. The summed E-state index contributed by atoms with van der Waals surface area (Å²) in [5.41, 5.74) is 0. The Balaban J connectivity index is 1.89. The Bertz CT molecular complexity index is 222. The van der Waals surface area contributed by atoms with Crippen molar-refractivity contribution in [2.24, 2.45) is 5.92 Å². The zero-order chi connectivity index (χ0) is 12.7. The Morgan fingerprint density at radius 2 is 1.88 bits per heavy atom. The Morgan fingerprint density at radius 1 is 1.24 bits per heavy atom. The molecule has 0 N–H and O–H groups in total. The first-order valence-electron chi connectivity index (χ1n) is 6.90. The van der Waals surface area contributed by atoms with Crippen LogP contribution in [0.1, 0.15) is 59.3 Å². The maximum Gasteiger partial charge on any atom is 0.306 e. The molecule has 1 rings (SSSR count). The second-order valence-electron chi connectivity index (χ2n) is 5.41. The normalized spacial score (nSPS) is 20.4. The molecule has 1 fully saturated rings. The van der Waals surface area contributed by atoms with E-state index in [9.17, 15) is 4.79 Å². The predicted octanol–water partition coefficient (Wildman–Crippen LogP) is 3.31. The highest BCUT2D eigenvalue weighted by Crippen LogP contribution is 2.17. The largest absolute Gasteiger partial charge is 0.460 e. The van der Waals surface area contributed by atoms with Gasteiger partial charge in [-0.05, 0) is 19.3 Å². The van der Waals surface area contributed by atoms with Crippen molar-refractivity contribution in [3.05, 3.63) is 0 Å². The van der Waals surface area contributed by atoms with Crippen LogP contribution in [0.4, 0.5) is 0 Å². The highest BCUT2D eigenvalue weighted by Gasteiger charge is 2.31. The van der Waals surface area contributed by atoms with Gasteiger partial charge in [-0.2, -0.15) is 0 Å². The molecule has 1 aliphatic heterocycles. The minimum absolute atomic E-state index is 0.0663. The molecule has 0 spiro atoms. The van der Waals surface area contributed by atoms with E-state index in [0.29, 0.717) is 6.42 Å². The molecule has 100 valence electrons. The van der Waals surface area contributed by atoms with Crippen LogP contribution in [0.15, 0.2) is 0 Å². The van der Waals surface area contributed by atoms with E-state index in [2.05, 4.69) is 13.8 Å². The number of rotatable bonds is 9. The molecule has 0 aromatic rings. The van der Waals surface area contributed by atoms with Crippen molar-refractivity contribution in [2.75, 3.05) is 6.61 Å². The molecule has 0 radical (unpaired) electrons. The van der Waals surface area contributed by atoms with Gasteiger partial charge in [0.2, 0.25) is 0 Å². The van der Waals surface area contributed by atoms with Crippen molar-refractivity contribution >= 4 is 5.97 Å². The summed E-state index contributed by atoms with van der Waals surface area (Å²) in [6.45, 7) is 7.14. The molecule has 0 saturated carbocycles. The van der Waals surface area contributed by atoms with E-state index < -0.39 is 0 Å². The molecule has 0 bridgehead atoms. The van der Waals surface area contributed by atoms with Gasteiger partial charge in [-0.15, -0.1) is 0 Å².